The number of fused-ring (bicyclic) bond motifs is 3. The maximum atomic E-state index is 12.2. The van der Waals surface area contributed by atoms with E-state index in [-0.39, 0.29) is 12.0 Å². The molecule has 5 nitrogen and oxygen atoms in total. The molecule has 1 aromatic heterocycles. The van der Waals surface area contributed by atoms with E-state index in [0.29, 0.717) is 35.7 Å². The lowest BCUT2D eigenvalue weighted by molar-refractivity contribution is 0.0178. The maximum absolute atomic E-state index is 12.2. The predicted molar refractivity (Wildman–Crippen MR) is 101 cm³/mol. The summed E-state index contributed by atoms with van der Waals surface area (Å²) in [5.74, 6) is 0.972. The largest absolute Gasteiger partial charge is 0.490 e. The molecule has 1 aromatic carbocycles. The highest BCUT2D eigenvalue weighted by atomic mass is 16.5. The Morgan fingerprint density at radius 1 is 1.35 bits per heavy atom. The Kier molecular flexibility index (Phi) is 5.10. The van der Waals surface area contributed by atoms with Gasteiger partial charge in [-0.2, -0.15) is 0 Å². The van der Waals surface area contributed by atoms with Crippen molar-refractivity contribution < 1.29 is 19.0 Å². The molecule has 0 fully saturated rings. The standard InChI is InChI=1S/C21H26O5/c1-6-7-14-8-17(22)26-21-18(14)15(24-10-11(2)3)9-16-19(21)20(23)12(4)13(5)25-16/h8-9,12-13,20,23H,2,6-7,10H2,1,3-5H3/t12-,13+,20?/m0/s1. The molecule has 0 saturated heterocycles. The molecule has 1 N–H and O–H groups in total. The number of benzene rings is 1. The first-order chi connectivity index (χ1) is 12.3. The van der Waals surface area contributed by atoms with Crippen LogP contribution in [0.25, 0.3) is 11.0 Å². The molecule has 0 radical (unpaired) electrons. The minimum atomic E-state index is -0.772. The molecule has 3 rings (SSSR count). The van der Waals surface area contributed by atoms with Crippen LogP contribution in [0.3, 0.4) is 0 Å². The van der Waals surface area contributed by atoms with Gasteiger partial charge in [0.05, 0.1) is 17.1 Å². The smallest absolute Gasteiger partial charge is 0.336 e. The third-order valence-electron chi connectivity index (χ3n) is 4.90. The SMILES string of the molecule is C=C(C)COc1cc2c(c3oc(=O)cc(CCC)c13)C(O)[C@@H](C)[C@@H](C)O2. The van der Waals surface area contributed by atoms with Crippen molar-refractivity contribution in [2.45, 2.75) is 52.7 Å². The number of aliphatic hydroxyl groups is 1. The first kappa shape index (κ1) is 18.5. The molecule has 1 unspecified atom stereocenters. The van der Waals surface area contributed by atoms with Crippen LogP contribution in [-0.4, -0.2) is 17.8 Å². The third-order valence-corrected chi connectivity index (χ3v) is 4.90. The molecule has 1 aliphatic heterocycles. The Labute approximate surface area is 153 Å². The fraction of sp³-hybridized carbons (Fsp3) is 0.476. The van der Waals surface area contributed by atoms with E-state index in [0.717, 1.165) is 22.9 Å². The van der Waals surface area contributed by atoms with Crippen LogP contribution in [0.2, 0.25) is 0 Å². The Morgan fingerprint density at radius 3 is 2.73 bits per heavy atom. The summed E-state index contributed by atoms with van der Waals surface area (Å²) in [4.78, 5) is 12.2. The van der Waals surface area contributed by atoms with Crippen molar-refractivity contribution in [1.82, 2.24) is 0 Å². The van der Waals surface area contributed by atoms with Gasteiger partial charge < -0.3 is 19.0 Å². The second kappa shape index (κ2) is 7.16. The van der Waals surface area contributed by atoms with E-state index in [4.69, 9.17) is 13.9 Å². The molecule has 0 bridgehead atoms. The van der Waals surface area contributed by atoms with Crippen molar-refractivity contribution in [3.8, 4) is 11.5 Å². The van der Waals surface area contributed by atoms with E-state index in [1.807, 2.05) is 20.8 Å². The van der Waals surface area contributed by atoms with Gasteiger partial charge in [0.2, 0.25) is 0 Å². The molecule has 5 heteroatoms. The van der Waals surface area contributed by atoms with E-state index in [9.17, 15) is 9.90 Å². The number of rotatable bonds is 5. The summed E-state index contributed by atoms with van der Waals surface area (Å²) < 4.78 is 17.5. The molecule has 0 spiro atoms. The highest BCUT2D eigenvalue weighted by Gasteiger charge is 2.35. The summed E-state index contributed by atoms with van der Waals surface area (Å²) in [6.07, 6.45) is 0.663. The average Bonchev–Trinajstić information content (AvgIpc) is 2.57. The quantitative estimate of drug-likeness (QED) is 0.642. The van der Waals surface area contributed by atoms with Crippen molar-refractivity contribution >= 4 is 11.0 Å². The van der Waals surface area contributed by atoms with Crippen molar-refractivity contribution in [2.75, 3.05) is 6.61 Å². The van der Waals surface area contributed by atoms with Gasteiger partial charge in [-0.25, -0.2) is 4.79 Å². The summed E-state index contributed by atoms with van der Waals surface area (Å²) in [5, 5.41) is 11.6. The average molecular weight is 358 g/mol. The second-order valence-corrected chi connectivity index (χ2v) is 7.20. The molecule has 0 aliphatic carbocycles. The summed E-state index contributed by atoms with van der Waals surface area (Å²) in [6, 6.07) is 3.30. The van der Waals surface area contributed by atoms with Crippen molar-refractivity contribution in [2.24, 2.45) is 5.92 Å². The molecule has 3 atom stereocenters. The van der Waals surface area contributed by atoms with Crippen LogP contribution in [0.15, 0.2) is 33.5 Å². The summed E-state index contributed by atoms with van der Waals surface area (Å²) in [7, 11) is 0. The summed E-state index contributed by atoms with van der Waals surface area (Å²) in [6.45, 7) is 12.0. The van der Waals surface area contributed by atoms with Gasteiger partial charge in [0, 0.05) is 18.1 Å². The first-order valence-corrected chi connectivity index (χ1v) is 9.09. The molecular weight excluding hydrogens is 332 g/mol. The monoisotopic (exact) mass is 358 g/mol. The molecule has 2 aromatic rings. The molecule has 2 heterocycles. The minimum absolute atomic E-state index is 0.118. The molecule has 0 saturated carbocycles. The fourth-order valence-electron chi connectivity index (χ4n) is 3.37. The number of hydrogen-bond acceptors (Lipinski definition) is 5. The van der Waals surface area contributed by atoms with Gasteiger partial charge in [-0.3, -0.25) is 0 Å². The zero-order chi connectivity index (χ0) is 19.0. The molecular formula is C21H26O5. The summed E-state index contributed by atoms with van der Waals surface area (Å²) in [5.41, 5.74) is 2.20. The maximum Gasteiger partial charge on any atom is 0.336 e. The number of ether oxygens (including phenoxy) is 2. The van der Waals surface area contributed by atoms with Gasteiger partial charge in [-0.05, 0) is 31.4 Å². The molecule has 0 amide bonds. The van der Waals surface area contributed by atoms with Gasteiger partial charge in [-0.1, -0.05) is 26.8 Å². The molecule has 26 heavy (non-hydrogen) atoms. The summed E-state index contributed by atoms with van der Waals surface area (Å²) >= 11 is 0. The Morgan fingerprint density at radius 2 is 2.08 bits per heavy atom. The first-order valence-electron chi connectivity index (χ1n) is 9.09. The van der Waals surface area contributed by atoms with Crippen LogP contribution in [0.5, 0.6) is 11.5 Å². The second-order valence-electron chi connectivity index (χ2n) is 7.20. The van der Waals surface area contributed by atoms with Crippen LogP contribution < -0.4 is 15.1 Å². The zero-order valence-corrected chi connectivity index (χ0v) is 15.8. The lowest BCUT2D eigenvalue weighted by atomic mass is 9.88. The Hall–Kier alpha value is -2.27. The van der Waals surface area contributed by atoms with Crippen LogP contribution in [-0.2, 0) is 6.42 Å². The van der Waals surface area contributed by atoms with E-state index >= 15 is 0 Å². The third kappa shape index (κ3) is 3.23. The lowest BCUT2D eigenvalue weighted by Crippen LogP contribution is -2.32. The fourth-order valence-corrected chi connectivity index (χ4v) is 3.37. The Bertz CT molecular complexity index is 895. The van der Waals surface area contributed by atoms with Gasteiger partial charge in [0.25, 0.3) is 0 Å². The Balaban J connectivity index is 2.32. The predicted octanol–water partition coefficient (Wildman–Crippen LogP) is 4.15. The van der Waals surface area contributed by atoms with Crippen LogP contribution >= 0.6 is 0 Å². The van der Waals surface area contributed by atoms with Crippen molar-refractivity contribution in [3.63, 3.8) is 0 Å². The van der Waals surface area contributed by atoms with E-state index in [1.165, 1.54) is 6.07 Å². The zero-order valence-electron chi connectivity index (χ0n) is 15.8. The number of hydrogen-bond donors (Lipinski definition) is 1. The van der Waals surface area contributed by atoms with Gasteiger partial charge in [0.1, 0.15) is 24.2 Å². The van der Waals surface area contributed by atoms with Crippen LogP contribution in [0, 0.1) is 5.92 Å². The van der Waals surface area contributed by atoms with Crippen LogP contribution in [0.4, 0.5) is 0 Å². The van der Waals surface area contributed by atoms with Crippen molar-refractivity contribution in [3.05, 3.63) is 45.8 Å². The van der Waals surface area contributed by atoms with Crippen molar-refractivity contribution in [1.29, 1.82) is 0 Å². The highest BCUT2D eigenvalue weighted by Crippen LogP contribution is 2.46. The lowest BCUT2D eigenvalue weighted by Gasteiger charge is -2.34. The van der Waals surface area contributed by atoms with Gasteiger partial charge >= 0.3 is 5.63 Å². The minimum Gasteiger partial charge on any atom is -0.490 e. The van der Waals surface area contributed by atoms with E-state index < -0.39 is 11.7 Å². The normalized spacial score (nSPS) is 22.0. The van der Waals surface area contributed by atoms with Gasteiger partial charge in [0.15, 0.2) is 5.58 Å². The van der Waals surface area contributed by atoms with Gasteiger partial charge in [-0.15, -0.1) is 0 Å². The molecule has 140 valence electrons. The highest BCUT2D eigenvalue weighted by molar-refractivity contribution is 5.91. The van der Waals surface area contributed by atoms with E-state index in [2.05, 4.69) is 13.5 Å². The topological polar surface area (TPSA) is 68.9 Å². The van der Waals surface area contributed by atoms with Crippen LogP contribution in [0.1, 0.15) is 51.3 Å². The van der Waals surface area contributed by atoms with E-state index in [1.54, 1.807) is 6.07 Å². The number of aryl methyl sites for hydroxylation is 1. The molecule has 1 aliphatic rings. The number of aliphatic hydroxyl groups excluding tert-OH is 1.